The van der Waals surface area contributed by atoms with Crippen molar-refractivity contribution in [2.45, 2.75) is 38.2 Å². The number of ether oxygens (including phenoxy) is 1. The molecule has 1 unspecified atom stereocenters. The quantitative estimate of drug-likeness (QED) is 0.541. The second kappa shape index (κ2) is 3.90. The molecule has 0 bridgehead atoms. The molecule has 1 aliphatic carbocycles. The van der Waals surface area contributed by atoms with E-state index in [4.69, 9.17) is 4.74 Å². The van der Waals surface area contributed by atoms with Gasteiger partial charge in [-0.1, -0.05) is 18.2 Å². The van der Waals surface area contributed by atoms with E-state index in [9.17, 15) is 0 Å². The van der Waals surface area contributed by atoms with Crippen molar-refractivity contribution in [2.75, 3.05) is 6.61 Å². The Balaban J connectivity index is 1.98. The molecule has 1 heteroatoms. The minimum Gasteiger partial charge on any atom is -0.369 e. The zero-order chi connectivity index (χ0) is 8.23. The molecule has 1 heterocycles. The van der Waals surface area contributed by atoms with Crippen molar-refractivity contribution in [1.82, 2.24) is 0 Å². The summed E-state index contributed by atoms with van der Waals surface area (Å²) in [6, 6.07) is 0. The van der Waals surface area contributed by atoms with Gasteiger partial charge in [-0.2, -0.15) is 0 Å². The highest BCUT2D eigenvalue weighted by atomic mass is 16.5. The highest BCUT2D eigenvalue weighted by Crippen LogP contribution is 2.25. The van der Waals surface area contributed by atoms with Gasteiger partial charge >= 0.3 is 0 Å². The fourth-order valence-corrected chi connectivity index (χ4v) is 1.94. The molecular formula is C11H16O. The Kier molecular flexibility index (Phi) is 2.62. The van der Waals surface area contributed by atoms with E-state index in [1.807, 2.05) is 0 Å². The minimum absolute atomic E-state index is 0.412. The van der Waals surface area contributed by atoms with Gasteiger partial charge in [0.15, 0.2) is 0 Å². The van der Waals surface area contributed by atoms with Crippen LogP contribution in [-0.4, -0.2) is 12.7 Å². The van der Waals surface area contributed by atoms with E-state index in [0.717, 1.165) is 13.0 Å². The number of allylic oxidation sites excluding steroid dienone is 1. The number of hydrogen-bond acceptors (Lipinski definition) is 1. The van der Waals surface area contributed by atoms with E-state index < -0.39 is 0 Å². The Morgan fingerprint density at radius 1 is 1.25 bits per heavy atom. The first-order chi connectivity index (χ1) is 5.97. The van der Waals surface area contributed by atoms with Crippen molar-refractivity contribution in [3.63, 3.8) is 0 Å². The van der Waals surface area contributed by atoms with Crippen LogP contribution in [-0.2, 0) is 4.74 Å². The van der Waals surface area contributed by atoms with Crippen LogP contribution >= 0.6 is 0 Å². The van der Waals surface area contributed by atoms with Crippen LogP contribution in [0.1, 0.15) is 32.1 Å². The Labute approximate surface area is 74.1 Å². The Hall–Kier alpha value is -0.560. The lowest BCUT2D eigenvalue weighted by molar-refractivity contribution is 0.0903. The summed E-state index contributed by atoms with van der Waals surface area (Å²) < 4.78 is 5.66. The van der Waals surface area contributed by atoms with E-state index in [1.54, 1.807) is 5.57 Å². The maximum absolute atomic E-state index is 5.66. The molecule has 0 aromatic heterocycles. The molecule has 0 aromatic carbocycles. The lowest BCUT2D eigenvalue weighted by Crippen LogP contribution is -2.19. The third kappa shape index (κ3) is 1.78. The topological polar surface area (TPSA) is 9.23 Å². The molecule has 0 amide bonds. The standard InChI is InChI=1S/C11H16O/c1-2-6-10(7-3-1)11-8-4-5-9-12-11/h4-6,11H,1-3,7-9H2. The molecule has 0 fully saturated rings. The molecule has 0 N–H and O–H groups in total. The highest BCUT2D eigenvalue weighted by molar-refractivity contribution is 5.14. The van der Waals surface area contributed by atoms with Crippen molar-refractivity contribution in [3.05, 3.63) is 23.8 Å². The first-order valence-electron chi connectivity index (χ1n) is 4.92. The molecule has 1 nitrogen and oxygen atoms in total. The number of rotatable bonds is 1. The molecule has 2 rings (SSSR count). The van der Waals surface area contributed by atoms with E-state index in [0.29, 0.717) is 6.10 Å². The van der Waals surface area contributed by atoms with E-state index in [-0.39, 0.29) is 0 Å². The lowest BCUT2D eigenvalue weighted by atomic mass is 9.93. The van der Waals surface area contributed by atoms with Gasteiger partial charge in [0.2, 0.25) is 0 Å². The molecule has 0 saturated heterocycles. The van der Waals surface area contributed by atoms with Crippen LogP contribution in [0.25, 0.3) is 0 Å². The fourth-order valence-electron chi connectivity index (χ4n) is 1.94. The van der Waals surface area contributed by atoms with E-state index in [1.165, 1.54) is 25.7 Å². The minimum atomic E-state index is 0.412. The second-order valence-corrected chi connectivity index (χ2v) is 3.55. The zero-order valence-corrected chi connectivity index (χ0v) is 7.46. The molecule has 0 aromatic rings. The lowest BCUT2D eigenvalue weighted by Gasteiger charge is -2.24. The summed E-state index contributed by atoms with van der Waals surface area (Å²) >= 11 is 0. The maximum Gasteiger partial charge on any atom is 0.0823 e. The summed E-state index contributed by atoms with van der Waals surface area (Å²) in [6.07, 6.45) is 13.5. The predicted molar refractivity (Wildman–Crippen MR) is 50.0 cm³/mol. The first kappa shape index (κ1) is 8.06. The summed E-state index contributed by atoms with van der Waals surface area (Å²) in [6.45, 7) is 0.808. The van der Waals surface area contributed by atoms with E-state index in [2.05, 4.69) is 18.2 Å². The molecule has 0 saturated carbocycles. The van der Waals surface area contributed by atoms with Crippen molar-refractivity contribution in [1.29, 1.82) is 0 Å². The van der Waals surface area contributed by atoms with Crippen LogP contribution in [0.5, 0.6) is 0 Å². The summed E-state index contributed by atoms with van der Waals surface area (Å²) in [5.41, 5.74) is 1.55. The van der Waals surface area contributed by atoms with Gasteiger partial charge < -0.3 is 4.74 Å². The monoisotopic (exact) mass is 164 g/mol. The third-order valence-corrected chi connectivity index (χ3v) is 2.65. The number of hydrogen-bond donors (Lipinski definition) is 0. The molecule has 1 aliphatic heterocycles. The zero-order valence-electron chi connectivity index (χ0n) is 7.46. The van der Waals surface area contributed by atoms with E-state index >= 15 is 0 Å². The Bertz CT molecular complexity index is 203. The molecule has 1 atom stereocenters. The van der Waals surface area contributed by atoms with Crippen molar-refractivity contribution < 1.29 is 4.74 Å². The van der Waals surface area contributed by atoms with Crippen molar-refractivity contribution in [2.24, 2.45) is 0 Å². The molecule has 0 radical (unpaired) electrons. The van der Waals surface area contributed by atoms with Gasteiger partial charge in [-0.25, -0.2) is 0 Å². The largest absolute Gasteiger partial charge is 0.369 e. The van der Waals surface area contributed by atoms with Gasteiger partial charge in [-0.15, -0.1) is 0 Å². The van der Waals surface area contributed by atoms with Crippen LogP contribution in [0, 0.1) is 0 Å². The molecule has 0 spiro atoms. The first-order valence-corrected chi connectivity index (χ1v) is 4.92. The second-order valence-electron chi connectivity index (χ2n) is 3.55. The third-order valence-electron chi connectivity index (χ3n) is 2.65. The highest BCUT2D eigenvalue weighted by Gasteiger charge is 2.16. The molecule has 12 heavy (non-hydrogen) atoms. The average Bonchev–Trinajstić information content (AvgIpc) is 2.21. The maximum atomic E-state index is 5.66. The SMILES string of the molecule is C1=CCC(C2=CCCCC2)OC1. The molecule has 66 valence electrons. The van der Waals surface area contributed by atoms with Crippen LogP contribution in [0.2, 0.25) is 0 Å². The van der Waals surface area contributed by atoms with Crippen LogP contribution in [0.15, 0.2) is 23.8 Å². The Morgan fingerprint density at radius 2 is 2.25 bits per heavy atom. The fraction of sp³-hybridized carbons (Fsp3) is 0.636. The van der Waals surface area contributed by atoms with Crippen molar-refractivity contribution >= 4 is 0 Å². The summed E-state index contributed by atoms with van der Waals surface area (Å²) in [4.78, 5) is 0. The molecule has 2 aliphatic rings. The Morgan fingerprint density at radius 3 is 2.92 bits per heavy atom. The summed E-state index contributed by atoms with van der Waals surface area (Å²) in [5.74, 6) is 0. The van der Waals surface area contributed by atoms with Crippen molar-refractivity contribution in [3.8, 4) is 0 Å². The average molecular weight is 164 g/mol. The van der Waals surface area contributed by atoms with Crippen LogP contribution < -0.4 is 0 Å². The van der Waals surface area contributed by atoms with Gasteiger partial charge in [-0.3, -0.25) is 0 Å². The van der Waals surface area contributed by atoms with Gasteiger partial charge in [0.1, 0.15) is 0 Å². The summed E-state index contributed by atoms with van der Waals surface area (Å²) in [7, 11) is 0. The van der Waals surface area contributed by atoms with Crippen LogP contribution in [0.4, 0.5) is 0 Å². The predicted octanol–water partition coefficient (Wildman–Crippen LogP) is 2.83. The van der Waals surface area contributed by atoms with Gasteiger partial charge in [0.25, 0.3) is 0 Å². The smallest absolute Gasteiger partial charge is 0.0823 e. The van der Waals surface area contributed by atoms with Gasteiger partial charge in [0, 0.05) is 0 Å². The van der Waals surface area contributed by atoms with Gasteiger partial charge in [0.05, 0.1) is 12.7 Å². The molecular weight excluding hydrogens is 148 g/mol. The van der Waals surface area contributed by atoms with Crippen LogP contribution in [0.3, 0.4) is 0 Å². The van der Waals surface area contributed by atoms with Gasteiger partial charge in [-0.05, 0) is 37.7 Å². The summed E-state index contributed by atoms with van der Waals surface area (Å²) in [5, 5.41) is 0. The normalized spacial score (nSPS) is 30.0.